The Morgan fingerprint density at radius 2 is 2.00 bits per heavy atom. The van der Waals surface area contributed by atoms with Gasteiger partial charge in [0.15, 0.2) is 0 Å². The van der Waals surface area contributed by atoms with Crippen LogP contribution in [0.25, 0.3) is 0 Å². The molecule has 2 N–H and O–H groups in total. The van der Waals surface area contributed by atoms with Gasteiger partial charge < -0.3 is 4.74 Å². The van der Waals surface area contributed by atoms with Crippen molar-refractivity contribution < 1.29 is 22.7 Å². The van der Waals surface area contributed by atoms with Crippen LogP contribution in [0.15, 0.2) is 4.36 Å². The lowest BCUT2D eigenvalue weighted by Gasteiger charge is -2.02. The fourth-order valence-corrected chi connectivity index (χ4v) is 0.543. The summed E-state index contributed by atoms with van der Waals surface area (Å²) < 4.78 is 26.5. The van der Waals surface area contributed by atoms with Gasteiger partial charge >= 0.3 is 22.6 Å². The highest BCUT2D eigenvalue weighted by Gasteiger charge is 2.02. The molecule has 0 aliphatic carbocycles. The van der Waals surface area contributed by atoms with Crippen LogP contribution in [0.5, 0.6) is 0 Å². The third kappa shape index (κ3) is 6.75. The molecule has 8 nitrogen and oxygen atoms in total. The molecule has 9 heteroatoms. The predicted molar refractivity (Wildman–Crippen MR) is 40.0 cm³/mol. The summed E-state index contributed by atoms with van der Waals surface area (Å²) in [5, 5.41) is 0. The zero-order chi connectivity index (χ0) is 10.3. The van der Waals surface area contributed by atoms with Gasteiger partial charge in [-0.15, -0.1) is 0 Å². The van der Waals surface area contributed by atoms with E-state index in [0.717, 1.165) is 0 Å². The zero-order valence-electron chi connectivity index (χ0n) is 6.60. The fourth-order valence-electron chi connectivity index (χ4n) is 0.362. The minimum absolute atomic E-state index is 0.131. The zero-order valence-corrected chi connectivity index (χ0v) is 7.42. The Kier molecular flexibility index (Phi) is 5.19. The number of rotatable bonds is 1. The molecule has 0 aromatic heterocycles. The van der Waals surface area contributed by atoms with Crippen molar-refractivity contribution in [3.63, 3.8) is 0 Å². The highest BCUT2D eigenvalue weighted by atomic mass is 32.2. The van der Waals surface area contributed by atoms with Crippen LogP contribution < -0.4 is 10.9 Å². The average Bonchev–Trinajstić information content (AvgIpc) is 2.00. The molecule has 0 aromatic carbocycles. The minimum atomic E-state index is -2.84. The molecule has 0 rings (SSSR count). The van der Waals surface area contributed by atoms with E-state index in [4.69, 9.17) is 0 Å². The summed E-state index contributed by atoms with van der Waals surface area (Å²) in [6, 6.07) is -1.21. The molecule has 0 spiro atoms. The first-order chi connectivity index (χ1) is 6.06. The second kappa shape index (κ2) is 5.94. The maximum atomic E-state index is 10.5. The summed E-state index contributed by atoms with van der Waals surface area (Å²) in [7, 11) is -2.84. The molecule has 0 saturated carbocycles. The first-order valence-corrected chi connectivity index (χ1v) is 4.13. The summed E-state index contributed by atoms with van der Waals surface area (Å²) in [6.45, 7) is 1.70. The van der Waals surface area contributed by atoms with Crippen molar-refractivity contribution in [3.8, 4) is 0 Å². The van der Waals surface area contributed by atoms with Crippen molar-refractivity contribution in [3.05, 3.63) is 0 Å². The number of nitrogens with zero attached hydrogens (tertiary/aromatic N) is 1. The molecule has 0 unspecified atom stereocenters. The molecular formula is C4H7N3O5S. The number of ether oxygens (including phenoxy) is 1. The molecule has 3 amide bonds. The van der Waals surface area contributed by atoms with Gasteiger partial charge in [0.1, 0.15) is 0 Å². The predicted octanol–water partition coefficient (Wildman–Crippen LogP) is -0.580. The summed E-state index contributed by atoms with van der Waals surface area (Å²) >= 11 is 0. The summed E-state index contributed by atoms with van der Waals surface area (Å²) in [6.07, 6.45) is -0.900. The Labute approximate surface area is 74.9 Å². The Balaban J connectivity index is 3.84. The topological polar surface area (TPSA) is 114 Å². The van der Waals surface area contributed by atoms with Crippen molar-refractivity contribution in [2.24, 2.45) is 4.36 Å². The summed E-state index contributed by atoms with van der Waals surface area (Å²) in [5.41, 5.74) is 3.44. The highest BCUT2D eigenvalue weighted by Crippen LogP contribution is 1.74. The second-order valence-electron chi connectivity index (χ2n) is 1.58. The molecule has 74 valence electrons. The van der Waals surface area contributed by atoms with Crippen LogP contribution in [0, 0.1) is 0 Å². The number of nitrogens with one attached hydrogen (secondary N) is 2. The van der Waals surface area contributed by atoms with E-state index in [1.165, 1.54) is 0 Å². The van der Waals surface area contributed by atoms with Gasteiger partial charge in [0.25, 0.3) is 0 Å². The molecule has 0 aliphatic rings. The van der Waals surface area contributed by atoms with Gasteiger partial charge in [-0.1, -0.05) is 4.36 Å². The minimum Gasteiger partial charge on any atom is -0.449 e. The fraction of sp³-hybridized carbons (Fsp3) is 0.500. The lowest BCUT2D eigenvalue weighted by Crippen LogP contribution is -2.40. The van der Waals surface area contributed by atoms with Crippen LogP contribution in [0.2, 0.25) is 0 Å². The Hall–Kier alpha value is -1.64. The first kappa shape index (κ1) is 11.4. The van der Waals surface area contributed by atoms with Crippen LogP contribution in [0.4, 0.5) is 9.59 Å². The lowest BCUT2D eigenvalue weighted by molar-refractivity contribution is 0.147. The standard InChI is InChI=1S/C4H7N3O5S/c1-2-12-4(9)6-5-3(8)7-13(10)11/h2H2,1H3,(H,5,8)(H,6,9). The molecule has 0 atom stereocenters. The van der Waals surface area contributed by atoms with Crippen molar-refractivity contribution in [2.45, 2.75) is 6.92 Å². The first-order valence-electron chi connectivity index (χ1n) is 3.10. The highest BCUT2D eigenvalue weighted by molar-refractivity contribution is 7.62. The molecule has 0 aromatic rings. The summed E-state index contributed by atoms with van der Waals surface area (Å²) in [4.78, 5) is 20.9. The van der Waals surface area contributed by atoms with E-state index in [1.807, 2.05) is 0 Å². The monoisotopic (exact) mass is 209 g/mol. The van der Waals surface area contributed by atoms with Crippen LogP contribution in [0.3, 0.4) is 0 Å². The van der Waals surface area contributed by atoms with Gasteiger partial charge in [-0.25, -0.2) is 20.4 Å². The van der Waals surface area contributed by atoms with E-state index in [1.54, 1.807) is 17.8 Å². The largest absolute Gasteiger partial charge is 0.449 e. The SMILES string of the molecule is CCOC(=O)NNC(=O)N=S(=O)=O. The van der Waals surface area contributed by atoms with E-state index in [-0.39, 0.29) is 6.61 Å². The van der Waals surface area contributed by atoms with Gasteiger partial charge in [-0.05, 0) is 6.92 Å². The molecule has 0 bridgehead atoms. The van der Waals surface area contributed by atoms with Gasteiger partial charge in [-0.3, -0.25) is 0 Å². The third-order valence-electron chi connectivity index (χ3n) is 0.704. The van der Waals surface area contributed by atoms with Gasteiger partial charge in [0.2, 0.25) is 0 Å². The third-order valence-corrected chi connectivity index (χ3v) is 1.02. The number of hydrogen-bond acceptors (Lipinski definition) is 5. The van der Waals surface area contributed by atoms with Crippen LogP contribution in [0.1, 0.15) is 6.92 Å². The smallest absolute Gasteiger partial charge is 0.426 e. The van der Waals surface area contributed by atoms with Crippen molar-refractivity contribution in [2.75, 3.05) is 6.61 Å². The molecule has 0 heterocycles. The van der Waals surface area contributed by atoms with Gasteiger partial charge in [-0.2, -0.15) is 8.42 Å². The molecule has 0 aliphatic heterocycles. The number of carbonyl (C=O) groups is 2. The lowest BCUT2D eigenvalue weighted by atomic mass is 10.9. The van der Waals surface area contributed by atoms with Crippen molar-refractivity contribution in [1.29, 1.82) is 0 Å². The number of hydrogen-bond donors (Lipinski definition) is 2. The van der Waals surface area contributed by atoms with E-state index >= 15 is 0 Å². The van der Waals surface area contributed by atoms with Crippen LogP contribution in [-0.2, 0) is 15.2 Å². The Morgan fingerprint density at radius 3 is 2.46 bits per heavy atom. The molecule has 0 radical (unpaired) electrons. The maximum absolute atomic E-state index is 10.5. The Bertz CT molecular complexity index is 313. The van der Waals surface area contributed by atoms with Crippen molar-refractivity contribution >= 4 is 22.6 Å². The number of carbonyl (C=O) groups excluding carboxylic acids is 2. The maximum Gasteiger partial charge on any atom is 0.426 e. The average molecular weight is 209 g/mol. The van der Waals surface area contributed by atoms with Crippen molar-refractivity contribution in [1.82, 2.24) is 10.9 Å². The van der Waals surface area contributed by atoms with E-state index < -0.39 is 22.6 Å². The number of urea groups is 1. The van der Waals surface area contributed by atoms with E-state index in [9.17, 15) is 18.0 Å². The number of hydrazine groups is 1. The van der Waals surface area contributed by atoms with E-state index in [0.29, 0.717) is 0 Å². The quantitative estimate of drug-likeness (QED) is 0.561. The molecule has 0 fully saturated rings. The van der Waals surface area contributed by atoms with Gasteiger partial charge in [0.05, 0.1) is 6.61 Å². The van der Waals surface area contributed by atoms with Crippen LogP contribution in [-0.4, -0.2) is 27.1 Å². The van der Waals surface area contributed by atoms with E-state index in [2.05, 4.69) is 9.10 Å². The second-order valence-corrected chi connectivity index (χ2v) is 2.20. The van der Waals surface area contributed by atoms with Gasteiger partial charge in [0, 0.05) is 0 Å². The van der Waals surface area contributed by atoms with Crippen LogP contribution >= 0.6 is 0 Å². The molecule has 0 saturated heterocycles. The number of amides is 3. The normalized spacial score (nSPS) is 8.38. The Morgan fingerprint density at radius 1 is 1.38 bits per heavy atom. The molecular weight excluding hydrogens is 202 g/mol. The summed E-state index contributed by atoms with van der Waals surface area (Å²) in [5.74, 6) is 0. The molecule has 13 heavy (non-hydrogen) atoms.